The zero-order valence-corrected chi connectivity index (χ0v) is 15.6. The first-order valence-electron chi connectivity index (χ1n) is 7.51. The lowest BCUT2D eigenvalue weighted by atomic mass is 10.1. The van der Waals surface area contributed by atoms with Gasteiger partial charge < -0.3 is 9.47 Å². The van der Waals surface area contributed by atoms with Crippen LogP contribution in [-0.4, -0.2) is 24.8 Å². The molecule has 2 aromatic carbocycles. The van der Waals surface area contributed by atoms with Crippen molar-refractivity contribution < 1.29 is 14.3 Å². The van der Waals surface area contributed by atoms with Crippen LogP contribution in [0, 0.1) is 0 Å². The van der Waals surface area contributed by atoms with E-state index in [0.717, 1.165) is 11.3 Å². The Morgan fingerprint density at radius 2 is 1.84 bits per heavy atom. The largest absolute Gasteiger partial charge is 0.497 e. The van der Waals surface area contributed by atoms with Crippen molar-refractivity contribution in [1.29, 1.82) is 0 Å². The second-order valence-corrected chi connectivity index (χ2v) is 6.08. The number of carbonyl (C=O) groups is 1. The van der Waals surface area contributed by atoms with E-state index in [1.165, 1.54) is 0 Å². The first-order chi connectivity index (χ1) is 11.9. The maximum Gasteiger partial charge on any atom is 0.280 e. The fraction of sp³-hybridized carbons (Fsp3) is 0.222. The van der Waals surface area contributed by atoms with Gasteiger partial charge in [-0.25, -0.2) is 5.43 Å². The molecule has 1 amide bonds. The van der Waals surface area contributed by atoms with Gasteiger partial charge in [-0.15, -0.1) is 0 Å². The quantitative estimate of drug-likeness (QED) is 0.599. The standard InChI is InChI=1S/C18H18Cl2N2O3/c1-11(13-4-7-15(24-3)8-5-13)21-22-18(23)12(2)25-17-9-6-14(19)10-16(17)20/h4-10,12H,1-3H3,(H,22,23). The highest BCUT2D eigenvalue weighted by molar-refractivity contribution is 6.35. The Kier molecular flexibility index (Phi) is 6.67. The van der Waals surface area contributed by atoms with Crippen LogP contribution in [0.5, 0.6) is 11.5 Å². The molecule has 0 aliphatic carbocycles. The SMILES string of the molecule is COc1ccc(C(C)=NNC(=O)C(C)Oc2ccc(Cl)cc2Cl)cc1. The van der Waals surface area contributed by atoms with Gasteiger partial charge >= 0.3 is 0 Å². The van der Waals surface area contributed by atoms with Crippen LogP contribution in [0.25, 0.3) is 0 Å². The molecule has 5 nitrogen and oxygen atoms in total. The summed E-state index contributed by atoms with van der Waals surface area (Å²) in [5.74, 6) is 0.742. The molecular formula is C18H18Cl2N2O3. The van der Waals surface area contributed by atoms with Gasteiger partial charge in [0.1, 0.15) is 11.5 Å². The van der Waals surface area contributed by atoms with Crippen molar-refractivity contribution in [3.05, 3.63) is 58.1 Å². The Labute approximate surface area is 156 Å². The summed E-state index contributed by atoms with van der Waals surface area (Å²) in [6.07, 6.45) is -0.772. The monoisotopic (exact) mass is 380 g/mol. The molecule has 1 N–H and O–H groups in total. The van der Waals surface area contributed by atoms with Gasteiger partial charge in [0.2, 0.25) is 0 Å². The zero-order chi connectivity index (χ0) is 18.4. The Bertz CT molecular complexity index is 776. The van der Waals surface area contributed by atoms with Crippen molar-refractivity contribution in [1.82, 2.24) is 5.43 Å². The van der Waals surface area contributed by atoms with Crippen molar-refractivity contribution in [3.8, 4) is 11.5 Å². The van der Waals surface area contributed by atoms with Crippen molar-refractivity contribution in [2.75, 3.05) is 7.11 Å². The van der Waals surface area contributed by atoms with Gasteiger partial charge in [-0.1, -0.05) is 23.2 Å². The van der Waals surface area contributed by atoms with Crippen LogP contribution < -0.4 is 14.9 Å². The van der Waals surface area contributed by atoms with Crippen LogP contribution in [-0.2, 0) is 4.79 Å². The smallest absolute Gasteiger partial charge is 0.280 e. The summed E-state index contributed by atoms with van der Waals surface area (Å²) >= 11 is 11.9. The van der Waals surface area contributed by atoms with E-state index in [1.54, 1.807) is 39.2 Å². The van der Waals surface area contributed by atoms with Gasteiger partial charge in [0.25, 0.3) is 5.91 Å². The summed E-state index contributed by atoms with van der Waals surface area (Å²) in [6.45, 7) is 3.40. The fourth-order valence-corrected chi connectivity index (χ4v) is 2.39. The highest BCUT2D eigenvalue weighted by Gasteiger charge is 2.16. The second kappa shape index (κ2) is 8.74. The number of hydrogen-bond donors (Lipinski definition) is 1. The molecule has 1 atom stereocenters. The van der Waals surface area contributed by atoms with Crippen LogP contribution >= 0.6 is 23.2 Å². The van der Waals surface area contributed by atoms with E-state index in [1.807, 2.05) is 24.3 Å². The number of methoxy groups -OCH3 is 1. The average molecular weight is 381 g/mol. The molecule has 2 aromatic rings. The summed E-state index contributed by atoms with van der Waals surface area (Å²) in [4.78, 5) is 12.1. The zero-order valence-electron chi connectivity index (χ0n) is 14.0. The minimum atomic E-state index is -0.772. The van der Waals surface area contributed by atoms with Crippen molar-refractivity contribution in [2.24, 2.45) is 5.10 Å². The van der Waals surface area contributed by atoms with Crippen LogP contribution in [0.2, 0.25) is 10.0 Å². The predicted octanol–water partition coefficient (Wildman–Crippen LogP) is 4.31. The van der Waals surface area contributed by atoms with Crippen LogP contribution in [0.3, 0.4) is 0 Å². The Morgan fingerprint density at radius 1 is 1.16 bits per heavy atom. The van der Waals surface area contributed by atoms with E-state index in [9.17, 15) is 4.79 Å². The highest BCUT2D eigenvalue weighted by atomic mass is 35.5. The molecule has 25 heavy (non-hydrogen) atoms. The van der Waals surface area contributed by atoms with Crippen molar-refractivity contribution in [3.63, 3.8) is 0 Å². The molecule has 0 aromatic heterocycles. The molecular weight excluding hydrogens is 363 g/mol. The third-order valence-corrected chi connectivity index (χ3v) is 3.94. The molecule has 0 aliphatic rings. The van der Waals surface area contributed by atoms with Gasteiger partial charge in [-0.2, -0.15) is 5.10 Å². The normalized spacial score (nSPS) is 12.4. The topological polar surface area (TPSA) is 59.9 Å². The number of nitrogens with zero attached hydrogens (tertiary/aromatic N) is 1. The maximum absolute atomic E-state index is 12.1. The number of hydrazone groups is 1. The molecule has 0 bridgehead atoms. The predicted molar refractivity (Wildman–Crippen MR) is 99.9 cm³/mol. The van der Waals surface area contributed by atoms with Crippen LogP contribution in [0.4, 0.5) is 0 Å². The molecule has 0 aliphatic heterocycles. The second-order valence-electron chi connectivity index (χ2n) is 5.24. The Balaban J connectivity index is 1.97. The van der Waals surface area contributed by atoms with Crippen molar-refractivity contribution >= 4 is 34.8 Å². The van der Waals surface area contributed by atoms with Crippen LogP contribution in [0.1, 0.15) is 19.4 Å². The molecule has 0 saturated heterocycles. The van der Waals surface area contributed by atoms with Crippen molar-refractivity contribution in [2.45, 2.75) is 20.0 Å². The lowest BCUT2D eigenvalue weighted by molar-refractivity contribution is -0.127. The number of ether oxygens (including phenoxy) is 2. The molecule has 0 spiro atoms. The van der Waals surface area contributed by atoms with Gasteiger partial charge in [0.15, 0.2) is 6.10 Å². The van der Waals surface area contributed by atoms with Gasteiger partial charge in [0.05, 0.1) is 17.8 Å². The van der Waals surface area contributed by atoms with Crippen LogP contribution in [0.15, 0.2) is 47.6 Å². The Morgan fingerprint density at radius 3 is 2.44 bits per heavy atom. The lowest BCUT2D eigenvalue weighted by Crippen LogP contribution is -2.34. The lowest BCUT2D eigenvalue weighted by Gasteiger charge is -2.14. The number of rotatable bonds is 6. The summed E-state index contributed by atoms with van der Waals surface area (Å²) in [5.41, 5.74) is 4.01. The van der Waals surface area contributed by atoms with E-state index >= 15 is 0 Å². The third kappa shape index (κ3) is 5.37. The molecule has 0 radical (unpaired) electrons. The summed E-state index contributed by atoms with van der Waals surface area (Å²) in [5, 5.41) is 4.92. The first kappa shape index (κ1) is 19.1. The number of nitrogens with one attached hydrogen (secondary N) is 1. The molecule has 2 rings (SSSR count). The molecule has 1 unspecified atom stereocenters. The number of benzene rings is 2. The third-order valence-electron chi connectivity index (χ3n) is 3.41. The van der Waals surface area contributed by atoms with E-state index in [4.69, 9.17) is 32.7 Å². The van der Waals surface area contributed by atoms with E-state index < -0.39 is 6.10 Å². The molecule has 132 valence electrons. The van der Waals surface area contributed by atoms with Gasteiger partial charge in [0, 0.05) is 5.02 Å². The average Bonchev–Trinajstić information content (AvgIpc) is 2.61. The summed E-state index contributed by atoms with van der Waals surface area (Å²) < 4.78 is 10.6. The molecule has 0 fully saturated rings. The number of halogens is 2. The maximum atomic E-state index is 12.1. The minimum absolute atomic E-state index is 0.338. The number of amides is 1. The number of hydrogen-bond acceptors (Lipinski definition) is 4. The molecule has 0 heterocycles. The van der Waals surface area contributed by atoms with E-state index in [2.05, 4.69) is 10.5 Å². The minimum Gasteiger partial charge on any atom is -0.497 e. The van der Waals surface area contributed by atoms with Gasteiger partial charge in [-0.05, 0) is 61.9 Å². The van der Waals surface area contributed by atoms with Gasteiger partial charge in [-0.3, -0.25) is 4.79 Å². The summed E-state index contributed by atoms with van der Waals surface area (Å²) in [7, 11) is 1.60. The summed E-state index contributed by atoms with van der Waals surface area (Å²) in [6, 6.07) is 12.2. The molecule has 0 saturated carbocycles. The fourth-order valence-electron chi connectivity index (χ4n) is 1.94. The number of carbonyl (C=O) groups excluding carboxylic acids is 1. The Hall–Kier alpha value is -2.24. The van der Waals surface area contributed by atoms with E-state index in [0.29, 0.717) is 21.5 Å². The first-order valence-corrected chi connectivity index (χ1v) is 8.26. The van der Waals surface area contributed by atoms with E-state index in [-0.39, 0.29) is 5.91 Å². The highest BCUT2D eigenvalue weighted by Crippen LogP contribution is 2.28. The molecule has 7 heteroatoms.